The molecule has 2 aromatic rings. The lowest BCUT2D eigenvalue weighted by Gasteiger charge is -2.27. The van der Waals surface area contributed by atoms with E-state index in [4.69, 9.17) is 23.2 Å². The van der Waals surface area contributed by atoms with E-state index in [0.717, 1.165) is 22.7 Å². The molecule has 2 atom stereocenters. The van der Waals surface area contributed by atoms with Crippen LogP contribution >= 0.6 is 34.7 Å². The molecule has 0 radical (unpaired) electrons. The largest absolute Gasteiger partial charge is 0.390 e. The SMILES string of the molecule is CN(C(=O)c1csnn1)[C@@H]1c2cc(Cl)cc(Cl)c2C[C@H]1O. The molecule has 8 heteroatoms. The summed E-state index contributed by atoms with van der Waals surface area (Å²) in [4.78, 5) is 13.8. The molecule has 1 amide bonds. The van der Waals surface area contributed by atoms with Gasteiger partial charge in [-0.25, -0.2) is 0 Å². The third-order valence-electron chi connectivity index (χ3n) is 3.61. The van der Waals surface area contributed by atoms with E-state index in [1.54, 1.807) is 24.6 Å². The van der Waals surface area contributed by atoms with Gasteiger partial charge in [0.1, 0.15) is 0 Å². The van der Waals surface area contributed by atoms with Crippen molar-refractivity contribution in [3.8, 4) is 0 Å². The average Bonchev–Trinajstić information content (AvgIpc) is 3.04. The van der Waals surface area contributed by atoms with E-state index in [-0.39, 0.29) is 11.6 Å². The molecular formula is C13H11Cl2N3O2S. The Bertz CT molecular complexity index is 693. The smallest absolute Gasteiger partial charge is 0.275 e. The van der Waals surface area contributed by atoms with Gasteiger partial charge in [0.2, 0.25) is 0 Å². The summed E-state index contributed by atoms with van der Waals surface area (Å²) in [5, 5.41) is 16.6. The van der Waals surface area contributed by atoms with Crippen LogP contribution in [0.2, 0.25) is 10.0 Å². The first-order chi connectivity index (χ1) is 9.99. The monoisotopic (exact) mass is 343 g/mol. The molecule has 3 rings (SSSR count). The van der Waals surface area contributed by atoms with Gasteiger partial charge in [0, 0.05) is 28.9 Å². The zero-order valence-corrected chi connectivity index (χ0v) is 13.3. The number of nitrogens with zero attached hydrogens (tertiary/aromatic N) is 3. The molecule has 1 aromatic heterocycles. The van der Waals surface area contributed by atoms with Gasteiger partial charge in [-0.1, -0.05) is 27.7 Å². The number of hydrogen-bond acceptors (Lipinski definition) is 5. The number of hydrogen-bond donors (Lipinski definition) is 1. The second-order valence-corrected chi connectivity index (χ2v) is 6.33. The van der Waals surface area contributed by atoms with Crippen molar-refractivity contribution < 1.29 is 9.90 Å². The number of aliphatic hydroxyl groups excluding tert-OH is 1. The quantitative estimate of drug-likeness (QED) is 0.909. The normalized spacial score (nSPS) is 20.4. The molecule has 0 saturated heterocycles. The van der Waals surface area contributed by atoms with Gasteiger partial charge in [-0.15, -0.1) is 5.10 Å². The highest BCUT2D eigenvalue weighted by atomic mass is 35.5. The molecule has 1 heterocycles. The van der Waals surface area contributed by atoms with E-state index >= 15 is 0 Å². The van der Waals surface area contributed by atoms with Gasteiger partial charge >= 0.3 is 0 Å². The highest BCUT2D eigenvalue weighted by Crippen LogP contribution is 2.41. The van der Waals surface area contributed by atoms with Gasteiger partial charge < -0.3 is 10.0 Å². The number of amides is 1. The van der Waals surface area contributed by atoms with Crippen molar-refractivity contribution in [1.82, 2.24) is 14.5 Å². The highest BCUT2D eigenvalue weighted by Gasteiger charge is 2.38. The van der Waals surface area contributed by atoms with Crippen LogP contribution in [0.5, 0.6) is 0 Å². The Balaban J connectivity index is 1.99. The fourth-order valence-electron chi connectivity index (χ4n) is 2.66. The number of rotatable bonds is 2. The second-order valence-electron chi connectivity index (χ2n) is 4.88. The molecule has 1 aromatic carbocycles. The molecule has 0 fully saturated rings. The zero-order chi connectivity index (χ0) is 15.1. The number of benzene rings is 1. The van der Waals surface area contributed by atoms with Crippen LogP contribution in [0, 0.1) is 0 Å². The molecule has 0 aliphatic heterocycles. The summed E-state index contributed by atoms with van der Waals surface area (Å²) >= 11 is 13.3. The second kappa shape index (κ2) is 5.53. The van der Waals surface area contributed by atoms with E-state index in [1.807, 2.05) is 0 Å². The van der Waals surface area contributed by atoms with E-state index in [0.29, 0.717) is 16.5 Å². The number of fused-ring (bicyclic) bond motifs is 1. The Morgan fingerprint density at radius 1 is 1.48 bits per heavy atom. The number of likely N-dealkylation sites (N-methyl/N-ethyl adjacent to an activating group) is 1. The maximum absolute atomic E-state index is 12.4. The van der Waals surface area contributed by atoms with Crippen LogP contribution in [0.1, 0.15) is 27.7 Å². The summed E-state index contributed by atoms with van der Waals surface area (Å²) in [5.41, 5.74) is 1.87. The molecule has 1 aliphatic carbocycles. The lowest BCUT2D eigenvalue weighted by molar-refractivity contribution is 0.0492. The fourth-order valence-corrected chi connectivity index (χ4v) is 3.68. The van der Waals surface area contributed by atoms with Crippen LogP contribution in [-0.2, 0) is 6.42 Å². The van der Waals surface area contributed by atoms with Gasteiger partial charge in [0.25, 0.3) is 5.91 Å². The molecule has 21 heavy (non-hydrogen) atoms. The fraction of sp³-hybridized carbons (Fsp3) is 0.308. The van der Waals surface area contributed by atoms with Crippen molar-refractivity contribution in [2.75, 3.05) is 7.05 Å². The summed E-state index contributed by atoms with van der Waals surface area (Å²) in [6.45, 7) is 0. The molecule has 0 bridgehead atoms. The van der Waals surface area contributed by atoms with E-state index < -0.39 is 12.1 Å². The number of carbonyl (C=O) groups is 1. The minimum atomic E-state index is -0.725. The van der Waals surface area contributed by atoms with Gasteiger partial charge in [-0.3, -0.25) is 4.79 Å². The average molecular weight is 344 g/mol. The Morgan fingerprint density at radius 2 is 2.24 bits per heavy atom. The van der Waals surface area contributed by atoms with Gasteiger partial charge in [-0.2, -0.15) is 0 Å². The number of aromatic nitrogens is 2. The van der Waals surface area contributed by atoms with Crippen LogP contribution in [-0.4, -0.2) is 38.7 Å². The van der Waals surface area contributed by atoms with Crippen molar-refractivity contribution >= 4 is 40.6 Å². The topological polar surface area (TPSA) is 66.3 Å². The van der Waals surface area contributed by atoms with Crippen LogP contribution in [0.15, 0.2) is 17.5 Å². The molecule has 1 N–H and O–H groups in total. The summed E-state index contributed by atoms with van der Waals surface area (Å²) < 4.78 is 3.68. The van der Waals surface area contributed by atoms with Crippen molar-refractivity contribution in [3.05, 3.63) is 44.4 Å². The number of carbonyl (C=O) groups excluding carboxylic acids is 1. The van der Waals surface area contributed by atoms with Gasteiger partial charge in [0.15, 0.2) is 5.69 Å². The van der Waals surface area contributed by atoms with Crippen molar-refractivity contribution in [3.63, 3.8) is 0 Å². The maximum Gasteiger partial charge on any atom is 0.275 e. The van der Waals surface area contributed by atoms with Crippen molar-refractivity contribution in [1.29, 1.82) is 0 Å². The summed E-state index contributed by atoms with van der Waals surface area (Å²) in [6.07, 6.45) is -0.334. The molecule has 110 valence electrons. The molecular weight excluding hydrogens is 333 g/mol. The minimum Gasteiger partial charge on any atom is -0.390 e. The standard InChI is InChI=1S/C13H11Cl2N3O2S/c1-18(13(20)10-5-21-17-16-10)12-8-2-6(14)3-9(15)7(8)4-11(12)19/h2-3,5,11-12,19H,4H2,1H3/t11-,12-/m1/s1. The Morgan fingerprint density at radius 3 is 2.90 bits per heavy atom. The Kier molecular flexibility index (Phi) is 3.88. The van der Waals surface area contributed by atoms with Crippen LogP contribution in [0.25, 0.3) is 0 Å². The predicted octanol–water partition coefficient (Wildman–Crippen LogP) is 2.58. The molecule has 0 saturated carbocycles. The third kappa shape index (κ3) is 2.53. The van der Waals surface area contributed by atoms with Gasteiger partial charge in [-0.05, 0) is 34.8 Å². The zero-order valence-electron chi connectivity index (χ0n) is 11.0. The summed E-state index contributed by atoms with van der Waals surface area (Å²) in [6, 6.07) is 2.89. The van der Waals surface area contributed by atoms with Crippen LogP contribution < -0.4 is 0 Å². The third-order valence-corrected chi connectivity index (χ3v) is 4.67. The van der Waals surface area contributed by atoms with Crippen molar-refractivity contribution in [2.45, 2.75) is 18.6 Å². The van der Waals surface area contributed by atoms with Crippen LogP contribution in [0.3, 0.4) is 0 Å². The van der Waals surface area contributed by atoms with Crippen LogP contribution in [0.4, 0.5) is 0 Å². The van der Waals surface area contributed by atoms with E-state index in [1.165, 1.54) is 4.90 Å². The first kappa shape index (κ1) is 14.7. The van der Waals surface area contributed by atoms with Gasteiger partial charge in [0.05, 0.1) is 12.1 Å². The predicted molar refractivity (Wildman–Crippen MR) is 80.9 cm³/mol. The number of aliphatic hydroxyl groups is 1. The highest BCUT2D eigenvalue weighted by molar-refractivity contribution is 7.03. The van der Waals surface area contributed by atoms with Crippen molar-refractivity contribution in [2.24, 2.45) is 0 Å². The first-order valence-electron chi connectivity index (χ1n) is 6.19. The number of halogens is 2. The first-order valence-corrected chi connectivity index (χ1v) is 7.78. The lowest BCUT2D eigenvalue weighted by Crippen LogP contribution is -2.36. The van der Waals surface area contributed by atoms with E-state index in [9.17, 15) is 9.90 Å². The summed E-state index contributed by atoms with van der Waals surface area (Å²) in [7, 11) is 1.62. The molecule has 1 aliphatic rings. The maximum atomic E-state index is 12.4. The molecule has 5 nitrogen and oxygen atoms in total. The minimum absolute atomic E-state index is 0.260. The van der Waals surface area contributed by atoms with E-state index in [2.05, 4.69) is 9.59 Å². The Hall–Kier alpha value is -1.21. The lowest BCUT2D eigenvalue weighted by atomic mass is 10.1. The molecule has 0 unspecified atom stereocenters. The Labute approximate surface area is 135 Å². The molecule has 0 spiro atoms. The summed E-state index contributed by atoms with van der Waals surface area (Å²) in [5.74, 6) is -0.295.